The minimum atomic E-state index is -0.609. The van der Waals surface area contributed by atoms with Crippen LogP contribution in [0, 0.1) is 0 Å². The maximum Gasteiger partial charge on any atom is 0.244 e. The van der Waals surface area contributed by atoms with E-state index in [0.29, 0.717) is 29.1 Å². The first-order valence-corrected chi connectivity index (χ1v) is 9.64. The summed E-state index contributed by atoms with van der Waals surface area (Å²) in [5.41, 5.74) is 1.97. The molecule has 1 unspecified atom stereocenters. The highest BCUT2D eigenvalue weighted by Gasteiger charge is 2.17. The topological polar surface area (TPSA) is 109 Å². The van der Waals surface area contributed by atoms with Gasteiger partial charge in [0.2, 0.25) is 5.91 Å². The molecule has 28 heavy (non-hydrogen) atoms. The van der Waals surface area contributed by atoms with Crippen LogP contribution in [0.15, 0.2) is 24.5 Å². The zero-order valence-corrected chi connectivity index (χ0v) is 16.3. The second-order valence-corrected chi connectivity index (χ2v) is 7.00. The molecule has 2 aliphatic rings. The third kappa shape index (κ3) is 5.24. The maximum absolute atomic E-state index is 11.3. The molecule has 2 aromatic heterocycles. The Kier molecular flexibility index (Phi) is 6.89. The van der Waals surface area contributed by atoms with Crippen LogP contribution in [-0.2, 0) is 9.53 Å². The van der Waals surface area contributed by atoms with E-state index in [0.717, 1.165) is 5.56 Å². The van der Waals surface area contributed by atoms with E-state index in [9.17, 15) is 9.90 Å². The smallest absolute Gasteiger partial charge is 0.244 e. The molecule has 4 rings (SSSR count). The second kappa shape index (κ2) is 9.57. The molecule has 3 heterocycles. The van der Waals surface area contributed by atoms with Crippen LogP contribution in [0.2, 0.25) is 0 Å². The van der Waals surface area contributed by atoms with E-state index in [1.165, 1.54) is 32.1 Å². The molecule has 3 N–H and O–H groups in total. The average Bonchev–Trinajstić information content (AvgIpc) is 2.74. The van der Waals surface area contributed by atoms with Crippen LogP contribution in [0.3, 0.4) is 0 Å². The number of carbonyl (C=O) groups excluding carboxylic acids is 1. The SMILES string of the molecule is CC(O)c1ccc(-c2cnc3c(n2)NC(=O)CN3)cn1.COC1CCCCC1. The van der Waals surface area contributed by atoms with E-state index < -0.39 is 6.10 Å². The van der Waals surface area contributed by atoms with Crippen molar-refractivity contribution in [3.63, 3.8) is 0 Å². The largest absolute Gasteiger partial charge is 0.387 e. The Hall–Kier alpha value is -2.58. The lowest BCUT2D eigenvalue weighted by Crippen LogP contribution is -2.28. The molecule has 1 aliphatic heterocycles. The Morgan fingerprint density at radius 3 is 2.54 bits per heavy atom. The van der Waals surface area contributed by atoms with Gasteiger partial charge in [-0.15, -0.1) is 0 Å². The van der Waals surface area contributed by atoms with Gasteiger partial charge >= 0.3 is 0 Å². The van der Waals surface area contributed by atoms with Gasteiger partial charge in [0.25, 0.3) is 0 Å². The quantitative estimate of drug-likeness (QED) is 0.745. The molecule has 1 aliphatic carbocycles. The number of ether oxygens (including phenoxy) is 1. The Morgan fingerprint density at radius 2 is 1.93 bits per heavy atom. The van der Waals surface area contributed by atoms with E-state index in [1.54, 1.807) is 25.4 Å². The minimum absolute atomic E-state index is 0.147. The van der Waals surface area contributed by atoms with Crippen molar-refractivity contribution in [3.8, 4) is 11.3 Å². The number of amides is 1. The molecule has 2 aromatic rings. The Balaban J connectivity index is 0.000000236. The van der Waals surface area contributed by atoms with Crippen molar-refractivity contribution in [2.24, 2.45) is 0 Å². The van der Waals surface area contributed by atoms with Crippen molar-refractivity contribution in [1.82, 2.24) is 15.0 Å². The van der Waals surface area contributed by atoms with Gasteiger partial charge in [0.15, 0.2) is 11.6 Å². The van der Waals surface area contributed by atoms with Gasteiger partial charge in [0.1, 0.15) is 0 Å². The Bertz CT molecular complexity index is 789. The molecule has 8 nitrogen and oxygen atoms in total. The van der Waals surface area contributed by atoms with Crippen LogP contribution in [0.25, 0.3) is 11.3 Å². The Labute approximate surface area is 164 Å². The van der Waals surface area contributed by atoms with Crippen molar-refractivity contribution in [2.75, 3.05) is 24.3 Å². The van der Waals surface area contributed by atoms with Gasteiger partial charge in [-0.3, -0.25) is 9.78 Å². The molecule has 1 saturated carbocycles. The molecule has 0 saturated heterocycles. The van der Waals surface area contributed by atoms with E-state index >= 15 is 0 Å². The predicted octanol–water partition coefficient (Wildman–Crippen LogP) is 2.92. The molecular weight excluding hydrogens is 358 g/mol. The summed E-state index contributed by atoms with van der Waals surface area (Å²) < 4.78 is 5.19. The summed E-state index contributed by atoms with van der Waals surface area (Å²) in [5, 5.41) is 15.0. The number of aliphatic hydroxyl groups is 1. The zero-order chi connectivity index (χ0) is 19.9. The molecule has 0 aromatic carbocycles. The highest BCUT2D eigenvalue weighted by atomic mass is 16.5. The summed E-state index contributed by atoms with van der Waals surface area (Å²) in [6.45, 7) is 1.85. The van der Waals surface area contributed by atoms with Gasteiger partial charge in [-0.1, -0.05) is 19.3 Å². The van der Waals surface area contributed by atoms with Crippen LogP contribution in [0.5, 0.6) is 0 Å². The van der Waals surface area contributed by atoms with Gasteiger partial charge in [0.05, 0.1) is 36.3 Å². The van der Waals surface area contributed by atoms with Gasteiger partial charge in [-0.2, -0.15) is 0 Å². The Morgan fingerprint density at radius 1 is 1.14 bits per heavy atom. The van der Waals surface area contributed by atoms with E-state index in [-0.39, 0.29) is 12.5 Å². The lowest BCUT2D eigenvalue weighted by atomic mass is 9.98. The highest BCUT2D eigenvalue weighted by Crippen LogP contribution is 2.24. The predicted molar refractivity (Wildman–Crippen MR) is 107 cm³/mol. The van der Waals surface area contributed by atoms with Crippen LogP contribution in [0.4, 0.5) is 11.6 Å². The number of methoxy groups -OCH3 is 1. The van der Waals surface area contributed by atoms with Crippen molar-refractivity contribution in [2.45, 2.75) is 51.2 Å². The molecule has 0 radical (unpaired) electrons. The fraction of sp³-hybridized carbons (Fsp3) is 0.500. The summed E-state index contributed by atoms with van der Waals surface area (Å²) >= 11 is 0. The first kappa shape index (κ1) is 20.2. The van der Waals surface area contributed by atoms with E-state index in [4.69, 9.17) is 4.74 Å². The van der Waals surface area contributed by atoms with Crippen molar-refractivity contribution < 1.29 is 14.6 Å². The van der Waals surface area contributed by atoms with Crippen LogP contribution < -0.4 is 10.6 Å². The molecule has 0 spiro atoms. The zero-order valence-electron chi connectivity index (χ0n) is 16.3. The van der Waals surface area contributed by atoms with Crippen LogP contribution >= 0.6 is 0 Å². The lowest BCUT2D eigenvalue weighted by molar-refractivity contribution is -0.114. The van der Waals surface area contributed by atoms with Gasteiger partial charge < -0.3 is 20.5 Å². The van der Waals surface area contributed by atoms with Crippen molar-refractivity contribution >= 4 is 17.5 Å². The normalized spacial score (nSPS) is 17.5. The van der Waals surface area contributed by atoms with E-state index in [1.807, 2.05) is 13.2 Å². The number of nitrogens with one attached hydrogen (secondary N) is 2. The molecule has 150 valence electrons. The number of nitrogens with zero attached hydrogens (tertiary/aromatic N) is 3. The molecule has 1 amide bonds. The number of hydrogen-bond acceptors (Lipinski definition) is 7. The number of aliphatic hydroxyl groups excluding tert-OH is 1. The van der Waals surface area contributed by atoms with Crippen molar-refractivity contribution in [3.05, 3.63) is 30.2 Å². The standard InChI is InChI=1S/C13H13N5O2.C7H14O/c1-7(19)9-3-2-8(4-14-9)10-5-15-12-13(17-10)18-11(20)6-16-12;1-8-7-5-3-2-4-6-7/h2-5,7,19H,6H2,1H3,(H,15,16)(H,17,18,20);7H,2-6H2,1H3. The highest BCUT2D eigenvalue weighted by molar-refractivity contribution is 5.98. The number of aromatic nitrogens is 3. The number of anilines is 2. The van der Waals surface area contributed by atoms with E-state index in [2.05, 4.69) is 25.6 Å². The van der Waals surface area contributed by atoms with Crippen LogP contribution in [0.1, 0.15) is 50.8 Å². The molecule has 1 atom stereocenters. The van der Waals surface area contributed by atoms with Gasteiger partial charge in [-0.25, -0.2) is 9.97 Å². The second-order valence-electron chi connectivity index (χ2n) is 7.00. The first-order chi connectivity index (χ1) is 13.6. The van der Waals surface area contributed by atoms with Crippen LogP contribution in [-0.4, -0.2) is 45.7 Å². The maximum atomic E-state index is 11.3. The summed E-state index contributed by atoms with van der Waals surface area (Å²) in [6.07, 6.45) is 9.95. The van der Waals surface area contributed by atoms with Gasteiger partial charge in [-0.05, 0) is 31.9 Å². The summed E-state index contributed by atoms with van der Waals surface area (Å²) in [5.74, 6) is 0.826. The van der Waals surface area contributed by atoms with Gasteiger partial charge in [0, 0.05) is 18.9 Å². The fourth-order valence-electron chi connectivity index (χ4n) is 3.19. The summed E-state index contributed by atoms with van der Waals surface area (Å²) in [4.78, 5) is 24.0. The summed E-state index contributed by atoms with van der Waals surface area (Å²) in [6, 6.07) is 3.54. The fourth-order valence-corrected chi connectivity index (χ4v) is 3.19. The number of pyridine rings is 1. The number of carbonyl (C=O) groups is 1. The third-order valence-corrected chi connectivity index (χ3v) is 4.84. The monoisotopic (exact) mass is 385 g/mol. The minimum Gasteiger partial charge on any atom is -0.387 e. The van der Waals surface area contributed by atoms with Crippen molar-refractivity contribution in [1.29, 1.82) is 0 Å². The molecule has 0 bridgehead atoms. The third-order valence-electron chi connectivity index (χ3n) is 4.84. The molecule has 8 heteroatoms. The first-order valence-electron chi connectivity index (χ1n) is 9.64. The lowest BCUT2D eigenvalue weighted by Gasteiger charge is -2.19. The molecule has 1 fully saturated rings. The number of hydrogen-bond donors (Lipinski definition) is 3. The number of fused-ring (bicyclic) bond motifs is 1. The number of rotatable bonds is 3. The summed E-state index contributed by atoms with van der Waals surface area (Å²) in [7, 11) is 1.82. The average molecular weight is 385 g/mol. The molecular formula is C20H27N5O3.